The number of carboxylic acid groups (broad SMARTS) is 1. The van der Waals surface area contributed by atoms with E-state index in [-0.39, 0.29) is 11.4 Å². The molecule has 0 atom stereocenters. The third kappa shape index (κ3) is 3.35. The molecule has 0 heterocycles. The van der Waals surface area contributed by atoms with Gasteiger partial charge in [-0.15, -0.1) is 0 Å². The Morgan fingerprint density at radius 1 is 1.00 bits per heavy atom. The van der Waals surface area contributed by atoms with E-state index in [1.807, 2.05) is 30.3 Å². The van der Waals surface area contributed by atoms with Gasteiger partial charge >= 0.3 is 5.97 Å². The fraction of sp³-hybridized carbons (Fsp3) is 0. The molecular weight excluding hydrogens is 260 g/mol. The molecule has 0 aliphatic carbocycles. The van der Waals surface area contributed by atoms with E-state index in [2.05, 4.69) is 4.40 Å². The zero-order valence-electron chi connectivity index (χ0n) is 9.98. The minimum atomic E-state index is -1.02. The molecule has 0 aliphatic heterocycles. The fourth-order valence-corrected chi connectivity index (χ4v) is 2.11. The average Bonchev–Trinajstić information content (AvgIpc) is 2.46. The van der Waals surface area contributed by atoms with Crippen molar-refractivity contribution < 1.29 is 9.90 Å². The lowest BCUT2D eigenvalue weighted by Gasteiger charge is -2.04. The number of nitrogens with two attached hydrogens (primary N) is 1. The molecule has 0 saturated carbocycles. The third-order valence-electron chi connectivity index (χ3n) is 2.43. The predicted molar refractivity (Wildman–Crippen MR) is 76.4 cm³/mol. The van der Waals surface area contributed by atoms with Crippen molar-refractivity contribution in [1.82, 2.24) is 0 Å². The molecule has 4 nitrogen and oxygen atoms in total. The van der Waals surface area contributed by atoms with E-state index in [1.165, 1.54) is 18.0 Å². The minimum absolute atomic E-state index is 0.150. The lowest BCUT2D eigenvalue weighted by molar-refractivity contribution is 0.0696. The van der Waals surface area contributed by atoms with E-state index in [0.29, 0.717) is 5.56 Å². The van der Waals surface area contributed by atoms with E-state index >= 15 is 0 Å². The fourth-order valence-electron chi connectivity index (χ4n) is 1.53. The lowest BCUT2D eigenvalue weighted by Crippen LogP contribution is -2.17. The van der Waals surface area contributed by atoms with Crippen molar-refractivity contribution in [2.24, 2.45) is 10.1 Å². The van der Waals surface area contributed by atoms with Gasteiger partial charge in [-0.1, -0.05) is 36.4 Å². The molecule has 2 aromatic carbocycles. The number of amidine groups is 1. The summed E-state index contributed by atoms with van der Waals surface area (Å²) in [6.45, 7) is 0. The summed E-state index contributed by atoms with van der Waals surface area (Å²) in [6, 6.07) is 16.1. The Balaban J connectivity index is 2.24. The van der Waals surface area contributed by atoms with Crippen LogP contribution in [-0.4, -0.2) is 16.9 Å². The maximum Gasteiger partial charge on any atom is 0.336 e. The molecule has 5 heteroatoms. The number of hydrogen-bond acceptors (Lipinski definition) is 3. The highest BCUT2D eigenvalue weighted by molar-refractivity contribution is 7.98. The Kier molecular flexibility index (Phi) is 4.20. The number of carbonyl (C=O) groups is 1. The quantitative estimate of drug-likeness (QED) is 0.510. The second-order valence-corrected chi connectivity index (χ2v) is 4.57. The maximum absolute atomic E-state index is 11.1. The Hall–Kier alpha value is -2.27. The first-order valence-electron chi connectivity index (χ1n) is 5.56. The number of benzene rings is 2. The third-order valence-corrected chi connectivity index (χ3v) is 3.20. The van der Waals surface area contributed by atoms with E-state index in [0.717, 1.165) is 4.90 Å². The summed E-state index contributed by atoms with van der Waals surface area (Å²) in [5.41, 5.74) is 6.43. The normalized spacial score (nSPS) is 11.3. The molecule has 0 radical (unpaired) electrons. The summed E-state index contributed by atoms with van der Waals surface area (Å²) in [7, 11) is 0. The monoisotopic (exact) mass is 272 g/mol. The van der Waals surface area contributed by atoms with Crippen LogP contribution in [0, 0.1) is 0 Å². The molecule has 0 unspecified atom stereocenters. The van der Waals surface area contributed by atoms with E-state index in [9.17, 15) is 4.79 Å². The molecular formula is C14H12N2O2S. The van der Waals surface area contributed by atoms with Crippen LogP contribution in [0.1, 0.15) is 15.9 Å². The van der Waals surface area contributed by atoms with Crippen molar-refractivity contribution in [1.29, 1.82) is 0 Å². The van der Waals surface area contributed by atoms with Gasteiger partial charge in [0.15, 0.2) is 0 Å². The maximum atomic E-state index is 11.1. The van der Waals surface area contributed by atoms with E-state index in [1.54, 1.807) is 18.2 Å². The molecule has 0 aliphatic rings. The molecule has 0 aromatic heterocycles. The second-order valence-electron chi connectivity index (χ2n) is 3.73. The first-order chi connectivity index (χ1) is 9.18. The van der Waals surface area contributed by atoms with Crippen LogP contribution in [0.15, 0.2) is 63.9 Å². The highest BCUT2D eigenvalue weighted by Crippen LogP contribution is 2.19. The van der Waals surface area contributed by atoms with Crippen LogP contribution in [0.2, 0.25) is 0 Å². The number of carboxylic acids is 1. The van der Waals surface area contributed by atoms with Gasteiger partial charge in [-0.25, -0.2) is 4.79 Å². The molecule has 0 bridgehead atoms. The Bertz CT molecular complexity index is 612. The molecule has 0 saturated heterocycles. The van der Waals surface area contributed by atoms with Gasteiger partial charge in [-0.3, -0.25) is 0 Å². The highest BCUT2D eigenvalue weighted by atomic mass is 32.2. The molecule has 0 amide bonds. The summed E-state index contributed by atoms with van der Waals surface area (Å²) in [4.78, 5) is 12.0. The van der Waals surface area contributed by atoms with Gasteiger partial charge in [0.2, 0.25) is 0 Å². The van der Waals surface area contributed by atoms with Crippen molar-refractivity contribution in [2.45, 2.75) is 4.90 Å². The SMILES string of the molecule is N/C(=N\Sc1ccccc1)c1ccccc1C(=O)O. The molecule has 2 aromatic rings. The molecule has 19 heavy (non-hydrogen) atoms. The summed E-state index contributed by atoms with van der Waals surface area (Å²) >= 11 is 1.21. The van der Waals surface area contributed by atoms with E-state index in [4.69, 9.17) is 10.8 Å². The van der Waals surface area contributed by atoms with Crippen LogP contribution in [0.3, 0.4) is 0 Å². The largest absolute Gasteiger partial charge is 0.478 e. The van der Waals surface area contributed by atoms with Gasteiger partial charge < -0.3 is 10.8 Å². The zero-order chi connectivity index (χ0) is 13.7. The van der Waals surface area contributed by atoms with Gasteiger partial charge in [-0.2, -0.15) is 4.40 Å². The van der Waals surface area contributed by atoms with Crippen LogP contribution in [0.4, 0.5) is 0 Å². The molecule has 2 rings (SSSR count). The topological polar surface area (TPSA) is 75.7 Å². The predicted octanol–water partition coefficient (Wildman–Crippen LogP) is 2.80. The molecule has 96 valence electrons. The average molecular weight is 272 g/mol. The van der Waals surface area contributed by atoms with Crippen molar-refractivity contribution >= 4 is 23.8 Å². The lowest BCUT2D eigenvalue weighted by atomic mass is 10.1. The van der Waals surface area contributed by atoms with Gasteiger partial charge in [0.25, 0.3) is 0 Å². The van der Waals surface area contributed by atoms with Crippen LogP contribution < -0.4 is 5.73 Å². The Morgan fingerprint density at radius 2 is 1.58 bits per heavy atom. The standard InChI is InChI=1S/C14H12N2O2S/c15-13(16-19-10-6-2-1-3-7-10)11-8-4-5-9-12(11)14(17)18/h1-9H,(H2,15,16)(H,17,18). The van der Waals surface area contributed by atoms with Crippen LogP contribution in [-0.2, 0) is 0 Å². The number of nitrogens with zero attached hydrogens (tertiary/aromatic N) is 1. The summed E-state index contributed by atoms with van der Waals surface area (Å²) in [6.07, 6.45) is 0. The number of hydrogen-bond donors (Lipinski definition) is 2. The first kappa shape index (κ1) is 13.2. The van der Waals surface area contributed by atoms with Crippen molar-refractivity contribution in [3.8, 4) is 0 Å². The number of aromatic carboxylic acids is 1. The number of rotatable bonds is 4. The van der Waals surface area contributed by atoms with Crippen LogP contribution in [0.25, 0.3) is 0 Å². The molecule has 3 N–H and O–H groups in total. The van der Waals surface area contributed by atoms with Crippen LogP contribution in [0.5, 0.6) is 0 Å². The summed E-state index contributed by atoms with van der Waals surface area (Å²) in [5, 5.41) is 9.08. The van der Waals surface area contributed by atoms with Crippen LogP contribution >= 0.6 is 11.9 Å². The van der Waals surface area contributed by atoms with Gasteiger partial charge in [0.1, 0.15) is 5.84 Å². The van der Waals surface area contributed by atoms with Gasteiger partial charge in [0.05, 0.1) is 5.56 Å². The summed E-state index contributed by atoms with van der Waals surface area (Å²) in [5.74, 6) is -0.815. The highest BCUT2D eigenvalue weighted by Gasteiger charge is 2.11. The molecule has 0 fully saturated rings. The van der Waals surface area contributed by atoms with E-state index < -0.39 is 5.97 Å². The van der Waals surface area contributed by atoms with Gasteiger partial charge in [-0.05, 0) is 18.2 Å². The van der Waals surface area contributed by atoms with Crippen molar-refractivity contribution in [2.75, 3.05) is 0 Å². The zero-order valence-corrected chi connectivity index (χ0v) is 10.8. The van der Waals surface area contributed by atoms with Gasteiger partial charge in [0, 0.05) is 22.4 Å². The van der Waals surface area contributed by atoms with Crippen molar-refractivity contribution in [3.63, 3.8) is 0 Å². The molecule has 0 spiro atoms. The second kappa shape index (κ2) is 6.06. The Labute approximate surface area is 115 Å². The van der Waals surface area contributed by atoms with Crippen molar-refractivity contribution in [3.05, 3.63) is 65.7 Å². The summed E-state index contributed by atoms with van der Waals surface area (Å²) < 4.78 is 4.16. The first-order valence-corrected chi connectivity index (χ1v) is 6.34. The smallest absolute Gasteiger partial charge is 0.336 e. The minimum Gasteiger partial charge on any atom is -0.478 e. The Morgan fingerprint density at radius 3 is 2.21 bits per heavy atom.